The molecule has 0 bridgehead atoms. The Hall–Kier alpha value is -6.13. The molecule has 3 amide bonds. The molecule has 8 rings (SSSR count). The third-order valence-corrected chi connectivity index (χ3v) is 13.2. The highest BCUT2D eigenvalue weighted by atomic mass is 16.6. The average molecular weight is 915 g/mol. The lowest BCUT2D eigenvalue weighted by Gasteiger charge is -2.37. The highest BCUT2D eigenvalue weighted by Gasteiger charge is 2.35. The molecule has 16 heteroatoms. The number of anilines is 2. The number of rotatable bonds is 11. The van der Waals surface area contributed by atoms with Gasteiger partial charge in [-0.2, -0.15) is 0 Å². The van der Waals surface area contributed by atoms with Gasteiger partial charge in [0.1, 0.15) is 28.6 Å². The van der Waals surface area contributed by atoms with Gasteiger partial charge in [0, 0.05) is 87.7 Å². The number of nitrogen functional groups attached to an aromatic ring is 1. The Balaban J connectivity index is 0.000000203. The van der Waals surface area contributed by atoms with Crippen molar-refractivity contribution in [1.82, 2.24) is 39.5 Å². The minimum Gasteiger partial charge on any atom is -0.444 e. The molecule has 4 aromatic heterocycles. The summed E-state index contributed by atoms with van der Waals surface area (Å²) in [5.41, 5.74) is 8.45. The summed E-state index contributed by atoms with van der Waals surface area (Å²) in [5.74, 6) is 1.70. The minimum absolute atomic E-state index is 0.0288. The summed E-state index contributed by atoms with van der Waals surface area (Å²) in [5, 5.41) is 2.69. The number of hydrogen-bond acceptors (Lipinski definition) is 13. The van der Waals surface area contributed by atoms with Crippen LogP contribution in [0.5, 0.6) is 0 Å². The molecule has 67 heavy (non-hydrogen) atoms. The standard InChI is InChI=1S/C28H37N5O4.C23H29N5O2/c1-28(2,3)37-27(36)31-24-18-20(7-13-30-24)19-32-14-8-22(9-15-32)26(35)33-16-10-21(11-17-33)25(34)23-6-4-5-12-29-23;24-21-15-17(4-10-26-21)16-27-11-5-19(6-12-27)23(30)28-13-7-18(8-14-28)22(29)20-3-1-2-9-25-20/h4-7,12-13,18,21-22H,8-11,14-17,19H2,1-3H3,(H,30,31,36);1-4,9-10,15,18-19H,5-8,11-14,16H2,(H2,24,26). The van der Waals surface area contributed by atoms with Crippen molar-refractivity contribution in [3.05, 3.63) is 108 Å². The summed E-state index contributed by atoms with van der Waals surface area (Å²) < 4.78 is 5.30. The van der Waals surface area contributed by atoms with E-state index in [2.05, 4.69) is 35.1 Å². The van der Waals surface area contributed by atoms with Crippen molar-refractivity contribution in [2.75, 3.05) is 63.4 Å². The van der Waals surface area contributed by atoms with Crippen molar-refractivity contribution >= 4 is 41.1 Å². The summed E-state index contributed by atoms with van der Waals surface area (Å²) in [6.45, 7) is 13.1. The molecule has 0 radical (unpaired) electrons. The molecule has 16 nitrogen and oxygen atoms in total. The van der Waals surface area contributed by atoms with E-state index in [0.717, 1.165) is 88.9 Å². The van der Waals surface area contributed by atoms with Crippen LogP contribution in [-0.4, -0.2) is 127 Å². The van der Waals surface area contributed by atoms with E-state index in [0.29, 0.717) is 62.0 Å². The zero-order valence-electron chi connectivity index (χ0n) is 39.2. The number of Topliss-reactive ketones (excluding diaryl/α,β-unsaturated/α-hetero) is 2. The topological polar surface area (TPSA) is 197 Å². The Morgan fingerprint density at radius 3 is 1.42 bits per heavy atom. The third kappa shape index (κ3) is 14.2. The first-order chi connectivity index (χ1) is 32.3. The van der Waals surface area contributed by atoms with Gasteiger partial charge in [0.05, 0.1) is 0 Å². The van der Waals surface area contributed by atoms with Crippen LogP contribution in [0.3, 0.4) is 0 Å². The lowest BCUT2D eigenvalue weighted by molar-refractivity contribution is -0.139. The van der Waals surface area contributed by atoms with Crippen LogP contribution in [0, 0.1) is 23.7 Å². The van der Waals surface area contributed by atoms with E-state index in [-0.39, 0.29) is 47.1 Å². The fourth-order valence-corrected chi connectivity index (χ4v) is 9.51. The molecule has 0 unspecified atom stereocenters. The maximum atomic E-state index is 13.2. The lowest BCUT2D eigenvalue weighted by atomic mass is 9.89. The maximum Gasteiger partial charge on any atom is 0.413 e. The van der Waals surface area contributed by atoms with Crippen molar-refractivity contribution in [2.24, 2.45) is 23.7 Å². The van der Waals surface area contributed by atoms with E-state index in [1.54, 1.807) is 36.9 Å². The number of pyridine rings is 4. The van der Waals surface area contributed by atoms with Crippen molar-refractivity contribution in [3.63, 3.8) is 0 Å². The summed E-state index contributed by atoms with van der Waals surface area (Å²) in [4.78, 5) is 88.7. The summed E-state index contributed by atoms with van der Waals surface area (Å²) in [6, 6.07) is 18.5. The number of carbonyl (C=O) groups excluding carboxylic acids is 5. The van der Waals surface area contributed by atoms with Crippen molar-refractivity contribution < 1.29 is 28.7 Å². The van der Waals surface area contributed by atoms with E-state index in [1.807, 2.05) is 79.1 Å². The summed E-state index contributed by atoms with van der Waals surface area (Å²) in [7, 11) is 0. The molecule has 4 aliphatic rings. The second kappa shape index (κ2) is 23.1. The SMILES string of the molecule is CC(C)(C)OC(=O)Nc1cc(CN2CCC(C(=O)N3CCC(C(=O)c4ccccn4)CC3)CC2)ccn1.Nc1cc(CN2CCC(C(=O)N3CCC(C(=O)c4ccccn4)CC3)CC2)ccn1. The number of ketones is 2. The predicted molar refractivity (Wildman–Crippen MR) is 254 cm³/mol. The number of likely N-dealkylation sites (tertiary alicyclic amines) is 4. The first-order valence-electron chi connectivity index (χ1n) is 23.9. The molecule has 0 spiro atoms. The Labute approximate surface area is 394 Å². The van der Waals surface area contributed by atoms with Gasteiger partial charge in [-0.3, -0.25) is 44.3 Å². The van der Waals surface area contributed by atoms with E-state index in [1.165, 1.54) is 0 Å². The number of nitrogens with one attached hydrogen (secondary N) is 1. The first-order valence-corrected chi connectivity index (χ1v) is 23.9. The van der Waals surface area contributed by atoms with Gasteiger partial charge < -0.3 is 20.3 Å². The van der Waals surface area contributed by atoms with Gasteiger partial charge in [-0.1, -0.05) is 12.1 Å². The van der Waals surface area contributed by atoms with E-state index in [4.69, 9.17) is 10.5 Å². The Morgan fingerprint density at radius 1 is 0.567 bits per heavy atom. The average Bonchev–Trinajstić information content (AvgIpc) is 3.34. The van der Waals surface area contributed by atoms with E-state index < -0.39 is 11.7 Å². The number of nitrogens with zero attached hydrogens (tertiary/aromatic N) is 8. The number of aromatic nitrogens is 4. The molecule has 0 saturated carbocycles. The Bertz CT molecular complexity index is 2280. The van der Waals surface area contributed by atoms with Gasteiger partial charge in [-0.05, 0) is 158 Å². The maximum absolute atomic E-state index is 13.2. The quantitative estimate of drug-likeness (QED) is 0.154. The van der Waals surface area contributed by atoms with Gasteiger partial charge in [-0.25, -0.2) is 14.8 Å². The van der Waals surface area contributed by atoms with E-state index >= 15 is 0 Å². The molecule has 4 aliphatic heterocycles. The molecular weight excluding hydrogens is 849 g/mol. The summed E-state index contributed by atoms with van der Waals surface area (Å²) in [6.07, 6.45) is 12.4. The second-order valence-electron chi connectivity index (χ2n) is 19.2. The van der Waals surface area contributed by atoms with Crippen molar-refractivity contribution in [1.29, 1.82) is 0 Å². The zero-order valence-corrected chi connectivity index (χ0v) is 39.2. The number of carbonyl (C=O) groups is 5. The Morgan fingerprint density at radius 2 is 1.00 bits per heavy atom. The minimum atomic E-state index is -0.573. The number of amides is 3. The Kier molecular flexibility index (Phi) is 16.8. The molecular formula is C51H66N10O6. The van der Waals surface area contributed by atoms with Crippen LogP contribution in [0.4, 0.5) is 16.4 Å². The lowest BCUT2D eigenvalue weighted by Crippen LogP contribution is -2.46. The van der Waals surface area contributed by atoms with Crippen LogP contribution in [0.15, 0.2) is 85.5 Å². The number of ether oxygens (including phenoxy) is 1. The van der Waals surface area contributed by atoms with Gasteiger partial charge in [-0.15, -0.1) is 0 Å². The third-order valence-electron chi connectivity index (χ3n) is 13.2. The number of piperidine rings is 4. The van der Waals surface area contributed by atoms with Crippen LogP contribution < -0.4 is 11.1 Å². The predicted octanol–water partition coefficient (Wildman–Crippen LogP) is 6.55. The van der Waals surface area contributed by atoms with Gasteiger partial charge in [0.2, 0.25) is 11.8 Å². The molecule has 3 N–H and O–H groups in total. The molecule has 8 heterocycles. The molecule has 4 fully saturated rings. The van der Waals surface area contributed by atoms with Crippen LogP contribution in [-0.2, 0) is 27.4 Å². The molecule has 4 saturated heterocycles. The highest BCUT2D eigenvalue weighted by molar-refractivity contribution is 5.97. The van der Waals surface area contributed by atoms with E-state index in [9.17, 15) is 24.0 Å². The fourth-order valence-electron chi connectivity index (χ4n) is 9.51. The second-order valence-corrected chi connectivity index (χ2v) is 19.2. The molecule has 0 aliphatic carbocycles. The number of hydrogen-bond donors (Lipinski definition) is 2. The van der Waals surface area contributed by atoms with Gasteiger partial charge in [0.25, 0.3) is 0 Å². The van der Waals surface area contributed by atoms with Crippen LogP contribution in [0.1, 0.15) is 104 Å². The van der Waals surface area contributed by atoms with Crippen LogP contribution in [0.2, 0.25) is 0 Å². The van der Waals surface area contributed by atoms with Crippen molar-refractivity contribution in [2.45, 2.75) is 90.8 Å². The molecule has 356 valence electrons. The largest absolute Gasteiger partial charge is 0.444 e. The number of nitrogens with two attached hydrogens (primary N) is 1. The highest BCUT2D eigenvalue weighted by Crippen LogP contribution is 2.28. The normalized spacial score (nSPS) is 18.4. The molecule has 0 aromatic carbocycles. The monoisotopic (exact) mass is 915 g/mol. The van der Waals surface area contributed by atoms with Gasteiger partial charge >= 0.3 is 6.09 Å². The molecule has 4 aromatic rings. The van der Waals surface area contributed by atoms with Crippen molar-refractivity contribution in [3.8, 4) is 0 Å². The fraction of sp³-hybridized carbons (Fsp3) is 0.510. The summed E-state index contributed by atoms with van der Waals surface area (Å²) >= 11 is 0. The van der Waals surface area contributed by atoms with Crippen LogP contribution in [0.25, 0.3) is 0 Å². The van der Waals surface area contributed by atoms with Gasteiger partial charge in [0.15, 0.2) is 11.6 Å². The van der Waals surface area contributed by atoms with Crippen LogP contribution >= 0.6 is 0 Å². The zero-order chi connectivity index (χ0) is 47.3. The molecule has 0 atom stereocenters. The smallest absolute Gasteiger partial charge is 0.413 e. The first kappa shape index (κ1) is 48.8.